The first-order chi connectivity index (χ1) is 9.08. The van der Waals surface area contributed by atoms with Gasteiger partial charge >= 0.3 is 5.97 Å². The molecule has 0 saturated heterocycles. The predicted octanol–water partition coefficient (Wildman–Crippen LogP) is 3.31. The summed E-state index contributed by atoms with van der Waals surface area (Å²) in [7, 11) is 0. The molecule has 4 heteroatoms. The molecule has 0 radical (unpaired) electrons. The molecule has 1 aliphatic rings. The van der Waals surface area contributed by atoms with Crippen LogP contribution in [0.2, 0.25) is 5.02 Å². The van der Waals surface area contributed by atoms with Crippen LogP contribution in [0.25, 0.3) is 10.9 Å². The van der Waals surface area contributed by atoms with E-state index in [1.807, 2.05) is 19.1 Å². The van der Waals surface area contributed by atoms with Crippen LogP contribution >= 0.6 is 11.6 Å². The summed E-state index contributed by atoms with van der Waals surface area (Å²) < 4.78 is 0. The van der Waals surface area contributed by atoms with Crippen molar-refractivity contribution in [1.82, 2.24) is 4.98 Å². The van der Waals surface area contributed by atoms with Gasteiger partial charge < -0.3 is 5.11 Å². The average Bonchev–Trinajstić information content (AvgIpc) is 2.82. The van der Waals surface area contributed by atoms with Crippen LogP contribution in [0.15, 0.2) is 12.1 Å². The third-order valence-electron chi connectivity index (χ3n) is 3.82. The lowest BCUT2D eigenvalue weighted by molar-refractivity contribution is -0.136. The average molecular weight is 276 g/mol. The summed E-state index contributed by atoms with van der Waals surface area (Å²) in [6.07, 6.45) is 2.98. The fraction of sp³-hybridized carbons (Fsp3) is 0.333. The minimum absolute atomic E-state index is 0.0580. The lowest BCUT2D eigenvalue weighted by Gasteiger charge is -2.13. The highest BCUT2D eigenvalue weighted by Gasteiger charge is 2.21. The number of nitrogens with zero attached hydrogens (tertiary/aromatic N) is 1. The number of aryl methyl sites for hydroxylation is 2. The Morgan fingerprint density at radius 2 is 2.21 bits per heavy atom. The van der Waals surface area contributed by atoms with Crippen molar-refractivity contribution in [1.29, 1.82) is 0 Å². The summed E-state index contributed by atoms with van der Waals surface area (Å²) in [5.74, 6) is -0.797. The molecule has 0 atom stereocenters. The third kappa shape index (κ3) is 1.98. The van der Waals surface area contributed by atoms with Crippen LogP contribution in [-0.2, 0) is 24.1 Å². The Kier molecular flexibility index (Phi) is 2.94. The fourth-order valence-electron chi connectivity index (χ4n) is 2.89. The Balaban J connectivity index is 2.37. The molecule has 1 aliphatic carbocycles. The van der Waals surface area contributed by atoms with Crippen LogP contribution in [0.3, 0.4) is 0 Å². The van der Waals surface area contributed by atoms with E-state index in [1.54, 1.807) is 0 Å². The molecule has 3 rings (SSSR count). The second-order valence-electron chi connectivity index (χ2n) is 5.01. The van der Waals surface area contributed by atoms with Crippen molar-refractivity contribution >= 4 is 28.5 Å². The van der Waals surface area contributed by atoms with E-state index in [9.17, 15) is 4.79 Å². The largest absolute Gasteiger partial charge is 0.481 e. The Morgan fingerprint density at radius 3 is 2.95 bits per heavy atom. The Morgan fingerprint density at radius 1 is 1.42 bits per heavy atom. The van der Waals surface area contributed by atoms with Crippen LogP contribution in [0.4, 0.5) is 0 Å². The van der Waals surface area contributed by atoms with Gasteiger partial charge in [0.05, 0.1) is 11.9 Å². The number of rotatable bonds is 2. The zero-order valence-corrected chi connectivity index (χ0v) is 11.4. The number of pyridine rings is 1. The molecule has 0 spiro atoms. The minimum Gasteiger partial charge on any atom is -0.481 e. The van der Waals surface area contributed by atoms with E-state index in [1.165, 1.54) is 0 Å². The molecule has 1 aromatic heterocycles. The summed E-state index contributed by atoms with van der Waals surface area (Å²) >= 11 is 6.14. The molecule has 19 heavy (non-hydrogen) atoms. The van der Waals surface area contributed by atoms with Crippen molar-refractivity contribution in [2.24, 2.45) is 0 Å². The molecule has 98 valence electrons. The smallest absolute Gasteiger partial charge is 0.307 e. The normalized spacial score (nSPS) is 13.8. The molecule has 0 bridgehead atoms. The number of hydrogen-bond donors (Lipinski definition) is 1. The Hall–Kier alpha value is -1.61. The molecular weight excluding hydrogens is 262 g/mol. The van der Waals surface area contributed by atoms with E-state index in [-0.39, 0.29) is 6.42 Å². The lowest BCUT2D eigenvalue weighted by atomic mass is 9.97. The number of benzene rings is 1. The molecule has 2 aromatic rings. The first kappa shape index (κ1) is 12.4. The van der Waals surface area contributed by atoms with Gasteiger partial charge in [0.1, 0.15) is 0 Å². The molecule has 0 saturated carbocycles. The van der Waals surface area contributed by atoms with Gasteiger partial charge in [-0.1, -0.05) is 17.7 Å². The maximum absolute atomic E-state index is 11.1. The predicted molar refractivity (Wildman–Crippen MR) is 74.9 cm³/mol. The van der Waals surface area contributed by atoms with Crippen molar-refractivity contribution in [2.45, 2.75) is 32.6 Å². The second-order valence-corrected chi connectivity index (χ2v) is 5.42. The molecule has 1 aromatic carbocycles. The highest BCUT2D eigenvalue weighted by atomic mass is 35.5. The first-order valence-corrected chi connectivity index (χ1v) is 6.77. The van der Waals surface area contributed by atoms with E-state index < -0.39 is 5.97 Å². The number of carboxylic acid groups (broad SMARTS) is 1. The molecular formula is C15H14ClNO2. The zero-order chi connectivity index (χ0) is 13.6. The quantitative estimate of drug-likeness (QED) is 0.915. The van der Waals surface area contributed by atoms with Crippen LogP contribution in [0.5, 0.6) is 0 Å². The molecule has 0 amide bonds. The number of fused-ring (bicyclic) bond motifs is 2. The monoisotopic (exact) mass is 275 g/mol. The van der Waals surface area contributed by atoms with Crippen molar-refractivity contribution in [2.75, 3.05) is 0 Å². The molecule has 1 heterocycles. The van der Waals surface area contributed by atoms with Gasteiger partial charge in [0.2, 0.25) is 0 Å². The third-order valence-corrected chi connectivity index (χ3v) is 4.23. The molecule has 0 aliphatic heterocycles. The number of aliphatic carboxylic acids is 1. The van der Waals surface area contributed by atoms with Crippen molar-refractivity contribution in [3.63, 3.8) is 0 Å². The van der Waals surface area contributed by atoms with Gasteiger partial charge in [-0.15, -0.1) is 0 Å². The van der Waals surface area contributed by atoms with Crippen LogP contribution in [0.1, 0.15) is 28.8 Å². The van der Waals surface area contributed by atoms with Gasteiger partial charge in [0, 0.05) is 16.1 Å². The van der Waals surface area contributed by atoms with E-state index >= 15 is 0 Å². The Bertz CT molecular complexity index is 694. The number of carboxylic acids is 1. The van der Waals surface area contributed by atoms with E-state index in [0.717, 1.165) is 52.5 Å². The topological polar surface area (TPSA) is 50.2 Å². The van der Waals surface area contributed by atoms with E-state index in [0.29, 0.717) is 5.02 Å². The zero-order valence-electron chi connectivity index (χ0n) is 10.7. The van der Waals surface area contributed by atoms with Gasteiger partial charge in [-0.3, -0.25) is 9.78 Å². The van der Waals surface area contributed by atoms with Crippen molar-refractivity contribution in [3.05, 3.63) is 39.5 Å². The molecule has 0 unspecified atom stereocenters. The standard InChI is InChI=1S/C15H14ClNO2/c1-8-12(16)6-5-10-11(7-14(18)19)9-3-2-4-13(9)17-15(8)10/h5-6H,2-4,7H2,1H3,(H,18,19). The number of halogens is 1. The van der Waals surface area contributed by atoms with Gasteiger partial charge in [-0.05, 0) is 48.9 Å². The highest BCUT2D eigenvalue weighted by molar-refractivity contribution is 6.32. The molecule has 3 nitrogen and oxygen atoms in total. The lowest BCUT2D eigenvalue weighted by Crippen LogP contribution is -2.06. The van der Waals surface area contributed by atoms with Crippen LogP contribution < -0.4 is 0 Å². The van der Waals surface area contributed by atoms with Crippen molar-refractivity contribution < 1.29 is 9.90 Å². The fourth-order valence-corrected chi connectivity index (χ4v) is 3.04. The highest BCUT2D eigenvalue weighted by Crippen LogP contribution is 2.33. The molecule has 0 fully saturated rings. The number of carbonyl (C=O) groups is 1. The maximum atomic E-state index is 11.1. The van der Waals surface area contributed by atoms with Gasteiger partial charge in [0.15, 0.2) is 0 Å². The van der Waals surface area contributed by atoms with Gasteiger partial charge in [-0.25, -0.2) is 0 Å². The SMILES string of the molecule is Cc1c(Cl)ccc2c(CC(=O)O)c3c(nc12)CCC3. The summed E-state index contributed by atoms with van der Waals surface area (Å²) in [4.78, 5) is 15.8. The maximum Gasteiger partial charge on any atom is 0.307 e. The van der Waals surface area contributed by atoms with Crippen molar-refractivity contribution in [3.8, 4) is 0 Å². The van der Waals surface area contributed by atoms with Gasteiger partial charge in [-0.2, -0.15) is 0 Å². The van der Waals surface area contributed by atoms with Crippen LogP contribution in [0, 0.1) is 6.92 Å². The van der Waals surface area contributed by atoms with E-state index in [4.69, 9.17) is 21.7 Å². The van der Waals surface area contributed by atoms with Gasteiger partial charge in [0.25, 0.3) is 0 Å². The van der Waals surface area contributed by atoms with Crippen LogP contribution in [-0.4, -0.2) is 16.1 Å². The molecule has 1 N–H and O–H groups in total. The minimum atomic E-state index is -0.797. The van der Waals surface area contributed by atoms with E-state index in [2.05, 4.69) is 0 Å². The number of hydrogen-bond acceptors (Lipinski definition) is 2. The first-order valence-electron chi connectivity index (χ1n) is 6.39. The summed E-state index contributed by atoms with van der Waals surface area (Å²) in [5, 5.41) is 10.8. The second kappa shape index (κ2) is 4.49. The Labute approximate surface area is 116 Å². The summed E-state index contributed by atoms with van der Waals surface area (Å²) in [6, 6.07) is 3.72. The summed E-state index contributed by atoms with van der Waals surface area (Å²) in [5.41, 5.74) is 4.89. The summed E-state index contributed by atoms with van der Waals surface area (Å²) in [6.45, 7) is 1.93. The number of aromatic nitrogens is 1.